The lowest BCUT2D eigenvalue weighted by molar-refractivity contribution is -0.253. The van der Waals surface area contributed by atoms with E-state index in [2.05, 4.69) is 10.1 Å². The maximum atomic E-state index is 13.2. The molecular formula is C23H18ClF4NO. The van der Waals surface area contributed by atoms with E-state index in [4.69, 9.17) is 11.6 Å². The van der Waals surface area contributed by atoms with Crippen molar-refractivity contribution in [2.24, 2.45) is 0 Å². The van der Waals surface area contributed by atoms with Gasteiger partial charge in [-0.3, -0.25) is 0 Å². The van der Waals surface area contributed by atoms with E-state index in [-0.39, 0.29) is 11.8 Å². The first-order chi connectivity index (χ1) is 14.3. The smallest absolute Gasteiger partial charge is 0.428 e. The Morgan fingerprint density at radius 1 is 1.00 bits per heavy atom. The van der Waals surface area contributed by atoms with Gasteiger partial charge in [-0.05, 0) is 65.4 Å². The van der Waals surface area contributed by atoms with E-state index in [1.165, 1.54) is 18.2 Å². The molecule has 156 valence electrons. The molecule has 0 saturated heterocycles. The monoisotopic (exact) mass is 435 g/mol. The van der Waals surface area contributed by atoms with Gasteiger partial charge in [0.05, 0.1) is 6.04 Å². The molecule has 0 aliphatic carbocycles. The number of nitrogens with one attached hydrogen (secondary N) is 1. The van der Waals surface area contributed by atoms with E-state index < -0.39 is 12.5 Å². The SMILES string of the molecule is FC(F)C(F)(F)Oc1cccc(C2CCc3c(cccc3-c3cccc(Cl)c3)N2)c1. The van der Waals surface area contributed by atoms with Crippen molar-refractivity contribution in [1.82, 2.24) is 0 Å². The van der Waals surface area contributed by atoms with Crippen molar-refractivity contribution in [2.75, 3.05) is 5.32 Å². The third kappa shape index (κ3) is 4.24. The Labute approximate surface area is 176 Å². The van der Waals surface area contributed by atoms with Gasteiger partial charge in [0.25, 0.3) is 0 Å². The lowest BCUT2D eigenvalue weighted by Gasteiger charge is -2.29. The van der Waals surface area contributed by atoms with Crippen LogP contribution in [0.2, 0.25) is 5.02 Å². The summed E-state index contributed by atoms with van der Waals surface area (Å²) in [5.41, 5.74) is 4.87. The first kappa shape index (κ1) is 20.5. The minimum Gasteiger partial charge on any atom is -0.428 e. The van der Waals surface area contributed by atoms with Crippen LogP contribution < -0.4 is 10.1 Å². The molecule has 3 aromatic rings. The van der Waals surface area contributed by atoms with Gasteiger partial charge in [0.2, 0.25) is 0 Å². The van der Waals surface area contributed by atoms with Crippen molar-refractivity contribution in [1.29, 1.82) is 0 Å². The third-order valence-electron chi connectivity index (χ3n) is 5.09. The lowest BCUT2D eigenvalue weighted by Crippen LogP contribution is -2.33. The van der Waals surface area contributed by atoms with Crippen LogP contribution in [0.5, 0.6) is 5.75 Å². The first-order valence-corrected chi connectivity index (χ1v) is 9.80. The quantitative estimate of drug-likeness (QED) is 0.423. The van der Waals surface area contributed by atoms with Gasteiger partial charge in [-0.25, -0.2) is 0 Å². The molecular weight excluding hydrogens is 418 g/mol. The van der Waals surface area contributed by atoms with Crippen LogP contribution in [0.15, 0.2) is 66.7 Å². The van der Waals surface area contributed by atoms with E-state index >= 15 is 0 Å². The maximum Gasteiger partial charge on any atom is 0.461 e. The molecule has 1 aliphatic heterocycles. The number of alkyl halides is 4. The Morgan fingerprint density at radius 2 is 1.77 bits per heavy atom. The summed E-state index contributed by atoms with van der Waals surface area (Å²) in [4.78, 5) is 0. The van der Waals surface area contributed by atoms with Crippen LogP contribution in [0.3, 0.4) is 0 Å². The Morgan fingerprint density at radius 3 is 2.53 bits per heavy atom. The molecule has 0 radical (unpaired) electrons. The molecule has 0 bridgehead atoms. The maximum absolute atomic E-state index is 13.2. The number of halogens is 5. The van der Waals surface area contributed by atoms with Crippen molar-refractivity contribution < 1.29 is 22.3 Å². The second-order valence-electron chi connectivity index (χ2n) is 7.11. The Bertz CT molecular complexity index is 1060. The highest BCUT2D eigenvalue weighted by Gasteiger charge is 2.44. The molecule has 1 N–H and O–H groups in total. The zero-order valence-corrected chi connectivity index (χ0v) is 16.5. The number of anilines is 1. The second kappa shape index (κ2) is 8.19. The van der Waals surface area contributed by atoms with Crippen molar-refractivity contribution in [2.45, 2.75) is 31.4 Å². The zero-order chi connectivity index (χ0) is 21.3. The third-order valence-corrected chi connectivity index (χ3v) is 5.33. The average Bonchev–Trinajstić information content (AvgIpc) is 2.72. The summed E-state index contributed by atoms with van der Waals surface area (Å²) in [6.07, 6.45) is -6.96. The van der Waals surface area contributed by atoms with E-state index in [1.54, 1.807) is 6.07 Å². The van der Waals surface area contributed by atoms with Gasteiger partial charge >= 0.3 is 12.5 Å². The number of rotatable bonds is 5. The van der Waals surface area contributed by atoms with Crippen molar-refractivity contribution >= 4 is 17.3 Å². The van der Waals surface area contributed by atoms with Gasteiger partial charge in [-0.15, -0.1) is 0 Å². The molecule has 1 aliphatic rings. The minimum absolute atomic E-state index is 0.157. The molecule has 0 spiro atoms. The summed E-state index contributed by atoms with van der Waals surface area (Å²) >= 11 is 6.13. The molecule has 1 atom stereocenters. The summed E-state index contributed by atoms with van der Waals surface area (Å²) in [7, 11) is 0. The van der Waals surface area contributed by atoms with E-state index in [0.29, 0.717) is 17.0 Å². The van der Waals surface area contributed by atoms with E-state index in [1.807, 2.05) is 42.5 Å². The molecule has 1 unspecified atom stereocenters. The molecule has 1 heterocycles. The summed E-state index contributed by atoms with van der Waals surface area (Å²) in [6.45, 7) is 0. The van der Waals surface area contributed by atoms with Crippen LogP contribution in [-0.2, 0) is 6.42 Å². The summed E-state index contributed by atoms with van der Waals surface area (Å²) in [5.74, 6) is -0.293. The highest BCUT2D eigenvalue weighted by molar-refractivity contribution is 6.30. The van der Waals surface area contributed by atoms with Gasteiger partial charge < -0.3 is 10.1 Å². The summed E-state index contributed by atoms with van der Waals surface area (Å²) < 4.78 is 55.6. The van der Waals surface area contributed by atoms with Crippen molar-refractivity contribution in [3.8, 4) is 16.9 Å². The first-order valence-electron chi connectivity index (χ1n) is 9.43. The standard InChI is InChI=1S/C23H18ClF4NO/c24-16-6-1-4-14(12-16)18-8-3-9-21-19(18)10-11-20(29-21)15-5-2-7-17(13-15)30-23(27,28)22(25)26/h1-9,12-13,20,22,29H,10-11H2. The zero-order valence-electron chi connectivity index (χ0n) is 15.7. The Balaban J connectivity index is 1.58. The largest absolute Gasteiger partial charge is 0.461 e. The van der Waals surface area contributed by atoms with Gasteiger partial charge in [0, 0.05) is 10.7 Å². The highest BCUT2D eigenvalue weighted by atomic mass is 35.5. The number of benzene rings is 3. The molecule has 2 nitrogen and oxygen atoms in total. The molecule has 0 aromatic heterocycles. The topological polar surface area (TPSA) is 21.3 Å². The van der Waals surface area contributed by atoms with Crippen molar-refractivity contribution in [3.05, 3.63) is 82.9 Å². The van der Waals surface area contributed by atoms with Gasteiger partial charge in [0.1, 0.15) is 5.75 Å². The highest BCUT2D eigenvalue weighted by Crippen LogP contribution is 2.39. The molecule has 0 saturated carbocycles. The fourth-order valence-corrected chi connectivity index (χ4v) is 3.90. The second-order valence-corrected chi connectivity index (χ2v) is 7.55. The van der Waals surface area contributed by atoms with Gasteiger partial charge in [-0.1, -0.05) is 48.0 Å². The predicted molar refractivity (Wildman–Crippen MR) is 110 cm³/mol. The molecule has 0 amide bonds. The summed E-state index contributed by atoms with van der Waals surface area (Å²) in [5, 5.41) is 4.08. The number of fused-ring (bicyclic) bond motifs is 1. The van der Waals surface area contributed by atoms with Crippen LogP contribution >= 0.6 is 11.6 Å². The predicted octanol–water partition coefficient (Wildman–Crippen LogP) is 7.34. The molecule has 0 fully saturated rings. The fourth-order valence-electron chi connectivity index (χ4n) is 3.71. The van der Waals surface area contributed by atoms with E-state index in [9.17, 15) is 17.6 Å². The van der Waals surface area contributed by atoms with Gasteiger partial charge in [0.15, 0.2) is 0 Å². The van der Waals surface area contributed by atoms with E-state index in [0.717, 1.165) is 28.8 Å². The number of hydrogen-bond donors (Lipinski definition) is 1. The van der Waals surface area contributed by atoms with Gasteiger partial charge in [-0.2, -0.15) is 17.6 Å². The Hall–Kier alpha value is -2.73. The molecule has 4 rings (SSSR count). The number of hydrogen-bond acceptors (Lipinski definition) is 2. The van der Waals surface area contributed by atoms with Crippen LogP contribution in [0.4, 0.5) is 23.2 Å². The Kier molecular flexibility index (Phi) is 5.60. The fraction of sp³-hybridized carbons (Fsp3) is 0.217. The van der Waals surface area contributed by atoms with Crippen LogP contribution in [0.1, 0.15) is 23.6 Å². The van der Waals surface area contributed by atoms with Crippen molar-refractivity contribution in [3.63, 3.8) is 0 Å². The summed E-state index contributed by atoms with van der Waals surface area (Å²) in [6, 6.07) is 19.3. The lowest BCUT2D eigenvalue weighted by atomic mass is 9.88. The minimum atomic E-state index is -4.53. The molecule has 7 heteroatoms. The normalized spacial score (nSPS) is 16.1. The molecule has 30 heavy (non-hydrogen) atoms. The molecule has 3 aromatic carbocycles. The van der Waals surface area contributed by atoms with Crippen LogP contribution in [0, 0.1) is 0 Å². The van der Waals surface area contributed by atoms with Crippen LogP contribution in [-0.4, -0.2) is 12.5 Å². The average molecular weight is 436 g/mol. The number of ether oxygens (including phenoxy) is 1. The van der Waals surface area contributed by atoms with Crippen LogP contribution in [0.25, 0.3) is 11.1 Å².